The number of hydrogen-bond acceptors (Lipinski definition) is 3. The monoisotopic (exact) mass is 322 g/mol. The number of halogens is 1. The van der Waals surface area contributed by atoms with Crippen LogP contribution >= 0.6 is 0 Å². The Morgan fingerprint density at radius 1 is 1.00 bits per heavy atom. The second kappa shape index (κ2) is 6.25. The molecule has 0 fully saturated rings. The molecule has 0 heterocycles. The number of benzene rings is 2. The zero-order valence-electron chi connectivity index (χ0n) is 12.1. The molecule has 0 bridgehead atoms. The molecule has 0 aromatic heterocycles. The lowest BCUT2D eigenvalue weighted by Crippen LogP contribution is -2.22. The van der Waals surface area contributed by atoms with Crippen LogP contribution in [0.1, 0.15) is 10.4 Å². The minimum Gasteiger partial charge on any atom is -0.322 e. The van der Waals surface area contributed by atoms with Gasteiger partial charge in [-0.15, -0.1) is 0 Å². The van der Waals surface area contributed by atoms with E-state index in [-0.39, 0.29) is 4.90 Å². The molecule has 5 nitrogen and oxygen atoms in total. The first-order chi connectivity index (χ1) is 10.3. The Hall–Kier alpha value is -2.25. The molecule has 0 radical (unpaired) electrons. The van der Waals surface area contributed by atoms with Crippen LogP contribution in [0, 0.1) is 5.82 Å². The summed E-state index contributed by atoms with van der Waals surface area (Å²) in [4.78, 5) is 12.1. The minimum absolute atomic E-state index is 0.107. The molecule has 0 saturated heterocycles. The van der Waals surface area contributed by atoms with Gasteiger partial charge in [0.2, 0.25) is 10.0 Å². The van der Waals surface area contributed by atoms with E-state index in [9.17, 15) is 17.6 Å². The highest BCUT2D eigenvalue weighted by atomic mass is 32.2. The quantitative estimate of drug-likeness (QED) is 0.939. The molecular weight excluding hydrogens is 307 g/mol. The average molecular weight is 322 g/mol. The Balaban J connectivity index is 2.16. The van der Waals surface area contributed by atoms with Gasteiger partial charge in [-0.3, -0.25) is 4.79 Å². The van der Waals surface area contributed by atoms with E-state index in [1.54, 1.807) is 0 Å². The van der Waals surface area contributed by atoms with Crippen LogP contribution in [0.25, 0.3) is 0 Å². The third-order valence-electron chi connectivity index (χ3n) is 3.00. The third-order valence-corrected chi connectivity index (χ3v) is 4.83. The van der Waals surface area contributed by atoms with E-state index in [1.807, 2.05) is 0 Å². The maximum atomic E-state index is 12.8. The number of carbonyl (C=O) groups is 1. The number of sulfonamides is 1. The van der Waals surface area contributed by atoms with Crippen LogP contribution in [-0.4, -0.2) is 32.7 Å². The predicted molar refractivity (Wildman–Crippen MR) is 81.7 cm³/mol. The Morgan fingerprint density at radius 3 is 2.05 bits per heavy atom. The van der Waals surface area contributed by atoms with E-state index < -0.39 is 21.7 Å². The molecule has 22 heavy (non-hydrogen) atoms. The molecule has 0 saturated carbocycles. The average Bonchev–Trinajstić information content (AvgIpc) is 2.49. The van der Waals surface area contributed by atoms with E-state index in [0.29, 0.717) is 11.3 Å². The van der Waals surface area contributed by atoms with Gasteiger partial charge in [0.25, 0.3) is 5.91 Å². The summed E-state index contributed by atoms with van der Waals surface area (Å²) >= 11 is 0. The van der Waals surface area contributed by atoms with E-state index in [0.717, 1.165) is 4.31 Å². The molecule has 7 heteroatoms. The van der Waals surface area contributed by atoms with Gasteiger partial charge in [0.1, 0.15) is 5.82 Å². The Kier molecular flexibility index (Phi) is 4.58. The van der Waals surface area contributed by atoms with Crippen LogP contribution in [0.2, 0.25) is 0 Å². The molecule has 116 valence electrons. The van der Waals surface area contributed by atoms with Crippen molar-refractivity contribution in [1.82, 2.24) is 4.31 Å². The van der Waals surface area contributed by atoms with Crippen LogP contribution in [0.5, 0.6) is 0 Å². The summed E-state index contributed by atoms with van der Waals surface area (Å²) in [7, 11) is -0.653. The number of amides is 1. The van der Waals surface area contributed by atoms with Crippen molar-refractivity contribution in [2.24, 2.45) is 0 Å². The van der Waals surface area contributed by atoms with E-state index >= 15 is 0 Å². The van der Waals surface area contributed by atoms with Crippen LogP contribution < -0.4 is 5.32 Å². The van der Waals surface area contributed by atoms with Gasteiger partial charge in [-0.2, -0.15) is 0 Å². The summed E-state index contributed by atoms with van der Waals surface area (Å²) in [5.74, 6) is -0.795. The van der Waals surface area contributed by atoms with E-state index in [4.69, 9.17) is 0 Å². The van der Waals surface area contributed by atoms with Gasteiger partial charge in [0.05, 0.1) is 4.90 Å². The van der Waals surface area contributed by atoms with Crippen LogP contribution in [-0.2, 0) is 10.0 Å². The van der Waals surface area contributed by atoms with Crippen molar-refractivity contribution in [3.05, 3.63) is 59.9 Å². The number of rotatable bonds is 4. The van der Waals surface area contributed by atoms with Crippen LogP contribution in [0.3, 0.4) is 0 Å². The molecule has 2 aromatic carbocycles. The lowest BCUT2D eigenvalue weighted by molar-refractivity contribution is 0.102. The minimum atomic E-state index is -3.52. The molecule has 0 spiro atoms. The summed E-state index contributed by atoms with van der Waals surface area (Å²) in [5, 5.41) is 2.60. The van der Waals surface area contributed by atoms with Gasteiger partial charge in [0.15, 0.2) is 0 Å². The molecule has 0 aliphatic heterocycles. The van der Waals surface area contributed by atoms with Gasteiger partial charge < -0.3 is 5.32 Å². The van der Waals surface area contributed by atoms with Crippen molar-refractivity contribution >= 4 is 21.6 Å². The van der Waals surface area contributed by atoms with Crippen LogP contribution in [0.4, 0.5) is 10.1 Å². The number of anilines is 1. The summed E-state index contributed by atoms with van der Waals surface area (Å²) in [6.45, 7) is 0. The number of nitrogens with zero attached hydrogens (tertiary/aromatic N) is 1. The first kappa shape index (κ1) is 16.1. The summed E-state index contributed by atoms with van der Waals surface area (Å²) in [6, 6.07) is 11.0. The van der Waals surface area contributed by atoms with Crippen molar-refractivity contribution < 1.29 is 17.6 Å². The molecule has 0 unspecified atom stereocenters. The van der Waals surface area contributed by atoms with Gasteiger partial charge in [-0.1, -0.05) is 0 Å². The van der Waals surface area contributed by atoms with Crippen molar-refractivity contribution in [3.63, 3.8) is 0 Å². The highest BCUT2D eigenvalue weighted by molar-refractivity contribution is 7.89. The second-order valence-corrected chi connectivity index (χ2v) is 6.92. The van der Waals surface area contributed by atoms with Crippen molar-refractivity contribution in [2.75, 3.05) is 19.4 Å². The fourth-order valence-corrected chi connectivity index (χ4v) is 2.63. The molecule has 1 N–H and O–H groups in total. The molecule has 2 rings (SSSR count). The van der Waals surface area contributed by atoms with Crippen molar-refractivity contribution in [3.8, 4) is 0 Å². The van der Waals surface area contributed by atoms with Gasteiger partial charge >= 0.3 is 0 Å². The Bertz CT molecular complexity index is 769. The zero-order valence-corrected chi connectivity index (χ0v) is 12.9. The van der Waals surface area contributed by atoms with Gasteiger partial charge in [-0.05, 0) is 48.5 Å². The maximum Gasteiger partial charge on any atom is 0.255 e. The maximum absolute atomic E-state index is 12.8. The smallest absolute Gasteiger partial charge is 0.255 e. The summed E-state index contributed by atoms with van der Waals surface area (Å²) in [6.07, 6.45) is 0. The second-order valence-electron chi connectivity index (χ2n) is 4.77. The fraction of sp³-hybridized carbons (Fsp3) is 0.133. The Morgan fingerprint density at radius 2 is 1.55 bits per heavy atom. The summed E-state index contributed by atoms with van der Waals surface area (Å²) in [5.41, 5.74) is 0.762. The first-order valence-corrected chi connectivity index (χ1v) is 7.84. The zero-order chi connectivity index (χ0) is 16.3. The number of carbonyl (C=O) groups excluding carboxylic acids is 1. The predicted octanol–water partition coefficient (Wildman–Crippen LogP) is 2.33. The van der Waals surface area contributed by atoms with E-state index in [1.165, 1.54) is 62.6 Å². The summed E-state index contributed by atoms with van der Waals surface area (Å²) < 4.78 is 37.7. The first-order valence-electron chi connectivity index (χ1n) is 6.40. The van der Waals surface area contributed by atoms with E-state index in [2.05, 4.69) is 5.32 Å². The van der Waals surface area contributed by atoms with Gasteiger partial charge in [-0.25, -0.2) is 17.1 Å². The molecule has 2 aromatic rings. The highest BCUT2D eigenvalue weighted by Crippen LogP contribution is 2.15. The standard InChI is InChI=1S/C15H15FN2O3S/c1-18(2)22(20,21)14-9-3-11(4-10-14)15(19)17-13-7-5-12(16)6-8-13/h3-10H,1-2H3,(H,17,19). The SMILES string of the molecule is CN(C)S(=O)(=O)c1ccc(C(=O)Nc2ccc(F)cc2)cc1. The fourth-order valence-electron chi connectivity index (χ4n) is 1.73. The lowest BCUT2D eigenvalue weighted by Gasteiger charge is -2.11. The number of hydrogen-bond donors (Lipinski definition) is 1. The topological polar surface area (TPSA) is 66.5 Å². The normalized spacial score (nSPS) is 11.5. The Labute approximate surface area is 128 Å². The van der Waals surface area contributed by atoms with Gasteiger partial charge in [0, 0.05) is 25.3 Å². The largest absolute Gasteiger partial charge is 0.322 e. The van der Waals surface area contributed by atoms with Crippen molar-refractivity contribution in [2.45, 2.75) is 4.90 Å². The number of nitrogens with one attached hydrogen (secondary N) is 1. The highest BCUT2D eigenvalue weighted by Gasteiger charge is 2.17. The van der Waals surface area contributed by atoms with Crippen LogP contribution in [0.15, 0.2) is 53.4 Å². The molecular formula is C15H15FN2O3S. The van der Waals surface area contributed by atoms with Crippen molar-refractivity contribution in [1.29, 1.82) is 0 Å². The third kappa shape index (κ3) is 3.49. The molecule has 0 aliphatic carbocycles. The lowest BCUT2D eigenvalue weighted by atomic mass is 10.2. The molecule has 0 aliphatic rings. The molecule has 1 amide bonds. The molecule has 0 atom stereocenters.